The third-order valence-electron chi connectivity index (χ3n) is 6.31. The van der Waals surface area contributed by atoms with Crippen LogP contribution in [0.4, 0.5) is 17.1 Å². The fraction of sp³-hybridized carbons (Fsp3) is 0.172. The van der Waals surface area contributed by atoms with Crippen molar-refractivity contribution in [2.75, 3.05) is 4.90 Å². The van der Waals surface area contributed by atoms with Gasteiger partial charge in [-0.2, -0.15) is 0 Å². The number of hydrogen-bond acceptors (Lipinski definition) is 5. The Hall–Kier alpha value is -3.77. The van der Waals surface area contributed by atoms with Gasteiger partial charge in [-0.3, -0.25) is 0 Å². The topological polar surface area (TPSA) is 54.2 Å². The molecule has 0 atom stereocenters. The Labute approximate surface area is 209 Å². The van der Waals surface area contributed by atoms with Gasteiger partial charge in [-0.05, 0) is 66.4 Å². The Kier molecular flexibility index (Phi) is 4.90. The number of hydrogen-bond donors (Lipinski definition) is 1. The summed E-state index contributed by atoms with van der Waals surface area (Å²) in [5, 5.41) is 20.6. The number of rotatable bonds is 2. The maximum atomic E-state index is 11.1. The van der Waals surface area contributed by atoms with E-state index in [-0.39, 0.29) is 11.2 Å². The van der Waals surface area contributed by atoms with Gasteiger partial charge in [0.05, 0.1) is 11.4 Å². The molecule has 0 amide bonds. The zero-order chi connectivity index (χ0) is 24.3. The first kappa shape index (κ1) is 21.7. The molecule has 0 saturated heterocycles. The molecular formula is C29H26N4OS. The van der Waals surface area contributed by atoms with Gasteiger partial charge in [-0.1, -0.05) is 62.9 Å². The standard InChI is InChI=1S/C29H26N4OS/c1-18-15-20(29(2,3)4)28(34)25(16-18)33-30-21-14-13-19(17-22(21)31-33)32-23-9-5-7-11-26(23)35-27-12-8-6-10-24(27)32/h5-17,34H,1-4H3. The Morgan fingerprint density at radius 3 is 2.03 bits per heavy atom. The minimum absolute atomic E-state index is 0.197. The molecule has 4 aromatic carbocycles. The van der Waals surface area contributed by atoms with Crippen molar-refractivity contribution in [3.63, 3.8) is 0 Å². The molecule has 6 heteroatoms. The molecule has 0 fully saturated rings. The number of aryl methyl sites for hydroxylation is 1. The molecule has 0 radical (unpaired) electrons. The summed E-state index contributed by atoms with van der Waals surface area (Å²) in [7, 11) is 0. The first-order chi connectivity index (χ1) is 16.8. The fourth-order valence-corrected chi connectivity index (χ4v) is 5.67. The highest BCUT2D eigenvalue weighted by Crippen LogP contribution is 2.51. The van der Waals surface area contributed by atoms with Crippen LogP contribution in [0.2, 0.25) is 0 Å². The summed E-state index contributed by atoms with van der Waals surface area (Å²) in [6.07, 6.45) is 0. The van der Waals surface area contributed by atoms with Crippen LogP contribution in [0.15, 0.2) is 88.7 Å². The Morgan fingerprint density at radius 1 is 0.743 bits per heavy atom. The van der Waals surface area contributed by atoms with Gasteiger partial charge in [0.15, 0.2) is 0 Å². The maximum Gasteiger partial charge on any atom is 0.146 e. The molecule has 5 aromatic rings. The van der Waals surface area contributed by atoms with E-state index in [0.717, 1.165) is 39.2 Å². The van der Waals surface area contributed by atoms with E-state index in [0.29, 0.717) is 5.69 Å². The third-order valence-corrected chi connectivity index (χ3v) is 7.44. The normalized spacial score (nSPS) is 13.1. The average Bonchev–Trinajstić information content (AvgIpc) is 3.26. The number of aromatic hydroxyl groups is 1. The lowest BCUT2D eigenvalue weighted by molar-refractivity contribution is 0.440. The third kappa shape index (κ3) is 3.65. The van der Waals surface area contributed by atoms with Crippen molar-refractivity contribution in [3.05, 3.63) is 90.0 Å². The van der Waals surface area contributed by atoms with E-state index in [1.807, 2.05) is 25.1 Å². The van der Waals surface area contributed by atoms with E-state index >= 15 is 0 Å². The van der Waals surface area contributed by atoms with Crippen LogP contribution in [0, 0.1) is 6.92 Å². The van der Waals surface area contributed by atoms with Gasteiger partial charge in [-0.15, -0.1) is 15.0 Å². The summed E-state index contributed by atoms with van der Waals surface area (Å²) < 4.78 is 0. The first-order valence-electron chi connectivity index (χ1n) is 11.7. The van der Waals surface area contributed by atoms with Crippen molar-refractivity contribution in [1.29, 1.82) is 0 Å². The summed E-state index contributed by atoms with van der Waals surface area (Å²) in [6.45, 7) is 8.31. The number of anilines is 3. The predicted molar refractivity (Wildman–Crippen MR) is 143 cm³/mol. The maximum absolute atomic E-state index is 11.1. The average molecular weight is 479 g/mol. The van der Waals surface area contributed by atoms with Crippen LogP contribution in [-0.4, -0.2) is 20.1 Å². The number of aromatic nitrogens is 3. The summed E-state index contributed by atoms with van der Waals surface area (Å²) >= 11 is 1.79. The SMILES string of the molecule is Cc1cc(-n2nc3ccc(N4c5ccccc5Sc5ccccc54)cc3n2)c(O)c(C(C)(C)C)c1. The highest BCUT2D eigenvalue weighted by Gasteiger charge is 2.25. The molecule has 35 heavy (non-hydrogen) atoms. The second-order valence-corrected chi connectivity index (χ2v) is 11.0. The molecule has 2 heterocycles. The molecule has 1 N–H and O–H groups in total. The summed E-state index contributed by atoms with van der Waals surface area (Å²) in [5.74, 6) is 0.222. The summed E-state index contributed by atoms with van der Waals surface area (Å²) in [6, 6.07) is 27.0. The van der Waals surface area contributed by atoms with Crippen molar-refractivity contribution in [3.8, 4) is 11.4 Å². The lowest BCUT2D eigenvalue weighted by Gasteiger charge is -2.32. The van der Waals surface area contributed by atoms with Gasteiger partial charge in [0, 0.05) is 21.0 Å². The van der Waals surface area contributed by atoms with Gasteiger partial charge < -0.3 is 10.0 Å². The minimum atomic E-state index is -0.197. The first-order valence-corrected chi connectivity index (χ1v) is 12.5. The Morgan fingerprint density at radius 2 is 1.37 bits per heavy atom. The van der Waals surface area contributed by atoms with E-state index in [1.165, 1.54) is 9.79 Å². The van der Waals surface area contributed by atoms with Crippen molar-refractivity contribution in [2.45, 2.75) is 42.9 Å². The molecule has 1 aliphatic rings. The number of phenols is 1. The predicted octanol–water partition coefficient (Wildman–Crippen LogP) is 7.67. The molecule has 174 valence electrons. The summed E-state index contributed by atoms with van der Waals surface area (Å²) in [5.41, 5.74) is 7.21. The molecule has 6 rings (SSSR count). The molecular weight excluding hydrogens is 452 g/mol. The largest absolute Gasteiger partial charge is 0.505 e. The molecule has 0 bridgehead atoms. The quantitative estimate of drug-likeness (QED) is 0.277. The number of phenolic OH excluding ortho intramolecular Hbond substituents is 1. The molecule has 1 aliphatic heterocycles. The van der Waals surface area contributed by atoms with E-state index in [2.05, 4.69) is 86.3 Å². The molecule has 0 unspecified atom stereocenters. The molecule has 0 saturated carbocycles. The zero-order valence-corrected chi connectivity index (χ0v) is 21.0. The van der Waals surface area contributed by atoms with Gasteiger partial charge in [0.25, 0.3) is 0 Å². The zero-order valence-electron chi connectivity index (χ0n) is 20.1. The molecule has 0 aliphatic carbocycles. The van der Waals surface area contributed by atoms with Crippen LogP contribution in [0.25, 0.3) is 16.7 Å². The summed E-state index contributed by atoms with van der Waals surface area (Å²) in [4.78, 5) is 6.27. The number of fused-ring (bicyclic) bond motifs is 3. The highest BCUT2D eigenvalue weighted by atomic mass is 32.2. The van der Waals surface area contributed by atoms with E-state index in [4.69, 9.17) is 10.2 Å². The lowest BCUT2D eigenvalue weighted by Crippen LogP contribution is -2.14. The van der Waals surface area contributed by atoms with Crippen LogP contribution in [0.1, 0.15) is 31.9 Å². The van der Waals surface area contributed by atoms with E-state index in [1.54, 1.807) is 16.6 Å². The van der Waals surface area contributed by atoms with Crippen LogP contribution < -0.4 is 4.90 Å². The smallest absolute Gasteiger partial charge is 0.146 e. The fourth-order valence-electron chi connectivity index (χ4n) is 4.62. The van der Waals surface area contributed by atoms with Gasteiger partial charge in [0.1, 0.15) is 22.5 Å². The number of benzene rings is 4. The Bertz CT molecular complexity index is 1550. The van der Waals surface area contributed by atoms with Crippen molar-refractivity contribution in [1.82, 2.24) is 15.0 Å². The van der Waals surface area contributed by atoms with Crippen LogP contribution in [0.3, 0.4) is 0 Å². The van der Waals surface area contributed by atoms with Crippen LogP contribution >= 0.6 is 11.8 Å². The van der Waals surface area contributed by atoms with Crippen LogP contribution in [0.5, 0.6) is 5.75 Å². The van der Waals surface area contributed by atoms with E-state index < -0.39 is 0 Å². The molecule has 0 spiro atoms. The van der Waals surface area contributed by atoms with Crippen LogP contribution in [-0.2, 0) is 5.41 Å². The van der Waals surface area contributed by atoms with Crippen molar-refractivity contribution >= 4 is 39.9 Å². The number of para-hydroxylation sites is 2. The lowest BCUT2D eigenvalue weighted by atomic mass is 9.85. The van der Waals surface area contributed by atoms with Gasteiger partial charge >= 0.3 is 0 Å². The van der Waals surface area contributed by atoms with Crippen molar-refractivity contribution in [2.24, 2.45) is 0 Å². The molecule has 5 nitrogen and oxygen atoms in total. The second-order valence-electron chi connectivity index (χ2n) is 9.97. The van der Waals surface area contributed by atoms with E-state index in [9.17, 15) is 5.11 Å². The van der Waals surface area contributed by atoms with Crippen molar-refractivity contribution < 1.29 is 5.11 Å². The number of nitrogens with zero attached hydrogens (tertiary/aromatic N) is 4. The second kappa shape index (κ2) is 7.89. The molecule has 1 aromatic heterocycles. The van der Waals surface area contributed by atoms with Gasteiger partial charge in [-0.25, -0.2) is 0 Å². The Balaban J connectivity index is 1.49. The minimum Gasteiger partial charge on any atom is -0.505 e. The van der Waals surface area contributed by atoms with Gasteiger partial charge in [0.2, 0.25) is 0 Å². The monoisotopic (exact) mass is 478 g/mol. The highest BCUT2D eigenvalue weighted by molar-refractivity contribution is 7.99.